The summed E-state index contributed by atoms with van der Waals surface area (Å²) in [5.41, 5.74) is 7.45. The van der Waals surface area contributed by atoms with Crippen LogP contribution in [0, 0.1) is 13.8 Å². The van der Waals surface area contributed by atoms with Crippen molar-refractivity contribution in [3.63, 3.8) is 0 Å². The molecule has 0 radical (unpaired) electrons. The molecule has 6 heteroatoms. The van der Waals surface area contributed by atoms with Crippen molar-refractivity contribution in [2.24, 2.45) is 0 Å². The van der Waals surface area contributed by atoms with E-state index in [4.69, 9.17) is 15.3 Å². The Kier molecular flexibility index (Phi) is 3.41. The molecular formula is C13H15N3O3. The minimum absolute atomic E-state index is 0.0739. The van der Waals surface area contributed by atoms with Gasteiger partial charge in [-0.25, -0.2) is 9.78 Å². The fourth-order valence-corrected chi connectivity index (χ4v) is 1.69. The van der Waals surface area contributed by atoms with Gasteiger partial charge in [0.05, 0.1) is 29.2 Å². The Morgan fingerprint density at radius 1 is 1.47 bits per heavy atom. The largest absolute Gasteiger partial charge is 0.478 e. The van der Waals surface area contributed by atoms with Gasteiger partial charge in [0.2, 0.25) is 5.89 Å². The molecule has 6 nitrogen and oxygen atoms in total. The fraction of sp³-hybridized carbons (Fsp3) is 0.231. The lowest BCUT2D eigenvalue weighted by Crippen LogP contribution is -2.07. The molecule has 0 amide bonds. The molecule has 100 valence electrons. The average Bonchev–Trinajstić information content (AvgIpc) is 2.67. The normalized spacial score (nSPS) is 10.4. The molecule has 19 heavy (non-hydrogen) atoms. The highest BCUT2D eigenvalue weighted by Crippen LogP contribution is 2.23. The van der Waals surface area contributed by atoms with Crippen molar-refractivity contribution in [1.29, 1.82) is 0 Å². The summed E-state index contributed by atoms with van der Waals surface area (Å²) in [6.07, 6.45) is 0. The number of oxazole rings is 1. The number of anilines is 2. The second kappa shape index (κ2) is 5.01. The van der Waals surface area contributed by atoms with Crippen molar-refractivity contribution < 1.29 is 14.3 Å². The lowest BCUT2D eigenvalue weighted by Gasteiger charge is -2.09. The first-order valence-electron chi connectivity index (χ1n) is 5.77. The van der Waals surface area contributed by atoms with E-state index in [1.54, 1.807) is 12.1 Å². The molecule has 0 fully saturated rings. The van der Waals surface area contributed by atoms with E-state index in [-0.39, 0.29) is 11.3 Å². The number of nitrogen functional groups attached to an aromatic ring is 1. The van der Waals surface area contributed by atoms with Crippen LogP contribution in [0.25, 0.3) is 0 Å². The highest BCUT2D eigenvalue weighted by Gasteiger charge is 2.11. The summed E-state index contributed by atoms with van der Waals surface area (Å²) in [4.78, 5) is 15.2. The van der Waals surface area contributed by atoms with Crippen LogP contribution in [0.1, 0.15) is 27.7 Å². The van der Waals surface area contributed by atoms with Crippen LogP contribution in [-0.4, -0.2) is 16.1 Å². The van der Waals surface area contributed by atoms with Crippen molar-refractivity contribution in [3.05, 3.63) is 41.1 Å². The summed E-state index contributed by atoms with van der Waals surface area (Å²) < 4.78 is 5.42. The number of aromatic nitrogens is 1. The number of nitrogens with zero attached hydrogens (tertiary/aromatic N) is 1. The first kappa shape index (κ1) is 12.9. The van der Waals surface area contributed by atoms with Crippen LogP contribution >= 0.6 is 0 Å². The molecular weight excluding hydrogens is 246 g/mol. The number of aromatic carboxylic acids is 1. The Bertz CT molecular complexity index is 600. The van der Waals surface area contributed by atoms with E-state index in [2.05, 4.69) is 10.3 Å². The number of aryl methyl sites for hydroxylation is 2. The fourth-order valence-electron chi connectivity index (χ4n) is 1.69. The van der Waals surface area contributed by atoms with Crippen molar-refractivity contribution in [2.45, 2.75) is 20.4 Å². The van der Waals surface area contributed by atoms with E-state index in [1.165, 1.54) is 6.07 Å². The summed E-state index contributed by atoms with van der Waals surface area (Å²) in [6, 6.07) is 4.81. The van der Waals surface area contributed by atoms with Crippen LogP contribution in [-0.2, 0) is 6.54 Å². The summed E-state index contributed by atoms with van der Waals surface area (Å²) in [5.74, 6) is 0.253. The first-order valence-corrected chi connectivity index (χ1v) is 5.77. The molecule has 1 aromatic carbocycles. The highest BCUT2D eigenvalue weighted by molar-refractivity contribution is 5.97. The molecule has 2 rings (SSSR count). The summed E-state index contributed by atoms with van der Waals surface area (Å²) >= 11 is 0. The number of carbonyl (C=O) groups is 1. The molecule has 0 unspecified atom stereocenters. The predicted molar refractivity (Wildman–Crippen MR) is 71.1 cm³/mol. The lowest BCUT2D eigenvalue weighted by molar-refractivity contribution is 0.0698. The van der Waals surface area contributed by atoms with Gasteiger partial charge in [-0.05, 0) is 26.0 Å². The lowest BCUT2D eigenvalue weighted by atomic mass is 10.1. The van der Waals surface area contributed by atoms with Gasteiger partial charge < -0.3 is 20.6 Å². The zero-order valence-electron chi connectivity index (χ0n) is 10.7. The van der Waals surface area contributed by atoms with Crippen LogP contribution in [0.3, 0.4) is 0 Å². The second-order valence-electron chi connectivity index (χ2n) is 4.17. The van der Waals surface area contributed by atoms with Gasteiger partial charge in [-0.15, -0.1) is 0 Å². The van der Waals surface area contributed by atoms with Gasteiger partial charge in [0.25, 0.3) is 0 Å². The molecule has 0 aliphatic heterocycles. The average molecular weight is 261 g/mol. The number of hydrogen-bond acceptors (Lipinski definition) is 5. The van der Waals surface area contributed by atoms with Crippen molar-refractivity contribution >= 4 is 17.3 Å². The zero-order chi connectivity index (χ0) is 14.0. The molecule has 0 aliphatic rings. The zero-order valence-corrected chi connectivity index (χ0v) is 10.7. The number of benzene rings is 1. The Hall–Kier alpha value is -2.50. The van der Waals surface area contributed by atoms with Crippen molar-refractivity contribution in [2.75, 3.05) is 11.1 Å². The highest BCUT2D eigenvalue weighted by atomic mass is 16.4. The molecule has 0 spiro atoms. The quantitative estimate of drug-likeness (QED) is 0.729. The number of hydrogen-bond donors (Lipinski definition) is 3. The van der Waals surface area contributed by atoms with Gasteiger partial charge in [0, 0.05) is 0 Å². The minimum Gasteiger partial charge on any atom is -0.478 e. The number of nitrogens with two attached hydrogens (primary N) is 1. The third kappa shape index (κ3) is 2.67. The summed E-state index contributed by atoms with van der Waals surface area (Å²) in [7, 11) is 0. The minimum atomic E-state index is -1.05. The number of para-hydroxylation sites is 1. The molecule has 2 aromatic rings. The van der Waals surface area contributed by atoms with Gasteiger partial charge in [-0.3, -0.25) is 0 Å². The van der Waals surface area contributed by atoms with Crippen molar-refractivity contribution in [3.8, 4) is 0 Å². The summed E-state index contributed by atoms with van der Waals surface area (Å²) in [6.45, 7) is 4.05. The van der Waals surface area contributed by atoms with E-state index < -0.39 is 5.97 Å². The van der Waals surface area contributed by atoms with Crippen LogP contribution in [0.5, 0.6) is 0 Å². The van der Waals surface area contributed by atoms with E-state index in [9.17, 15) is 4.79 Å². The van der Waals surface area contributed by atoms with E-state index in [0.717, 1.165) is 11.5 Å². The first-order chi connectivity index (χ1) is 8.99. The Balaban J connectivity index is 2.16. The Labute approximate surface area is 110 Å². The van der Waals surface area contributed by atoms with Gasteiger partial charge >= 0.3 is 5.97 Å². The maximum absolute atomic E-state index is 11.0. The molecule has 0 aliphatic carbocycles. The van der Waals surface area contributed by atoms with Gasteiger partial charge in [0.1, 0.15) is 5.76 Å². The van der Waals surface area contributed by atoms with Gasteiger partial charge in [0.15, 0.2) is 0 Å². The van der Waals surface area contributed by atoms with Gasteiger partial charge in [-0.2, -0.15) is 0 Å². The van der Waals surface area contributed by atoms with Crippen LogP contribution < -0.4 is 11.1 Å². The number of carboxylic acid groups (broad SMARTS) is 1. The van der Waals surface area contributed by atoms with E-state index >= 15 is 0 Å². The third-order valence-corrected chi connectivity index (χ3v) is 2.84. The standard InChI is InChI=1S/C13H15N3O3/c1-7-8(2)19-11(16-7)6-15-10-5-3-4-9(12(10)14)13(17)18/h3-5,15H,6,14H2,1-2H3,(H,17,18). The number of rotatable bonds is 4. The maximum atomic E-state index is 11.0. The SMILES string of the molecule is Cc1nc(CNc2cccc(C(=O)O)c2N)oc1C. The van der Waals surface area contributed by atoms with Crippen LogP contribution in [0.2, 0.25) is 0 Å². The molecule has 0 bridgehead atoms. The second-order valence-corrected chi connectivity index (χ2v) is 4.17. The topological polar surface area (TPSA) is 101 Å². The summed E-state index contributed by atoms with van der Waals surface area (Å²) in [5, 5.41) is 12.0. The van der Waals surface area contributed by atoms with Crippen molar-refractivity contribution in [1.82, 2.24) is 4.98 Å². The van der Waals surface area contributed by atoms with E-state index in [0.29, 0.717) is 18.1 Å². The van der Waals surface area contributed by atoms with Crippen LogP contribution in [0.15, 0.2) is 22.6 Å². The monoisotopic (exact) mass is 261 g/mol. The van der Waals surface area contributed by atoms with E-state index in [1.807, 2.05) is 13.8 Å². The molecule has 0 saturated heterocycles. The smallest absolute Gasteiger partial charge is 0.337 e. The Morgan fingerprint density at radius 3 is 2.79 bits per heavy atom. The molecule has 4 N–H and O–H groups in total. The number of carboxylic acids is 1. The molecule has 1 aromatic heterocycles. The predicted octanol–water partition coefficient (Wildman–Crippen LogP) is 2.18. The number of nitrogens with one attached hydrogen (secondary N) is 1. The van der Waals surface area contributed by atoms with Gasteiger partial charge in [-0.1, -0.05) is 6.07 Å². The molecule has 1 heterocycles. The molecule has 0 atom stereocenters. The van der Waals surface area contributed by atoms with Crippen LogP contribution in [0.4, 0.5) is 11.4 Å². The third-order valence-electron chi connectivity index (χ3n) is 2.84. The maximum Gasteiger partial charge on any atom is 0.337 e. The Morgan fingerprint density at radius 2 is 2.21 bits per heavy atom. The molecule has 0 saturated carbocycles.